The highest BCUT2D eigenvalue weighted by Gasteiger charge is 2.34. The predicted octanol–water partition coefficient (Wildman–Crippen LogP) is 3.00. The molecular formula is C13H13F3N4O. The van der Waals surface area contributed by atoms with Gasteiger partial charge in [-0.05, 0) is 13.0 Å². The van der Waals surface area contributed by atoms with Crippen LogP contribution in [0.4, 0.5) is 19.1 Å². The zero-order valence-corrected chi connectivity index (χ0v) is 11.4. The van der Waals surface area contributed by atoms with Gasteiger partial charge in [0.2, 0.25) is 5.95 Å². The van der Waals surface area contributed by atoms with E-state index in [1.165, 1.54) is 25.3 Å². The molecular weight excluding hydrogens is 285 g/mol. The summed E-state index contributed by atoms with van der Waals surface area (Å²) in [7, 11) is 1.34. The number of benzene rings is 1. The van der Waals surface area contributed by atoms with Gasteiger partial charge in [-0.25, -0.2) is 0 Å². The second kappa shape index (κ2) is 5.94. The lowest BCUT2D eigenvalue weighted by Crippen LogP contribution is -2.10. The molecule has 0 saturated heterocycles. The fourth-order valence-corrected chi connectivity index (χ4v) is 1.73. The Hall–Kier alpha value is -2.38. The molecule has 1 aromatic heterocycles. The molecule has 0 amide bonds. The number of halogens is 3. The van der Waals surface area contributed by atoms with Gasteiger partial charge in [-0.1, -0.05) is 18.2 Å². The van der Waals surface area contributed by atoms with Crippen molar-refractivity contribution in [2.75, 3.05) is 19.0 Å². The molecule has 1 heterocycles. The molecule has 0 radical (unpaired) electrons. The lowest BCUT2D eigenvalue weighted by Gasteiger charge is -2.12. The van der Waals surface area contributed by atoms with Crippen molar-refractivity contribution < 1.29 is 17.9 Å². The smallest absolute Gasteiger partial charge is 0.417 e. The molecule has 0 bridgehead atoms. The highest BCUT2D eigenvalue weighted by molar-refractivity contribution is 5.62. The maximum atomic E-state index is 13.0. The summed E-state index contributed by atoms with van der Waals surface area (Å²) in [5.41, 5.74) is -0.925. The topological polar surface area (TPSA) is 59.9 Å². The molecule has 0 spiro atoms. The highest BCUT2D eigenvalue weighted by Crippen LogP contribution is 2.36. The van der Waals surface area contributed by atoms with Gasteiger partial charge in [-0.3, -0.25) is 0 Å². The molecule has 2 rings (SSSR count). The molecule has 0 atom stereocenters. The van der Waals surface area contributed by atoms with Crippen LogP contribution in [-0.4, -0.2) is 28.6 Å². The van der Waals surface area contributed by atoms with Gasteiger partial charge in [-0.2, -0.15) is 28.1 Å². The van der Waals surface area contributed by atoms with Gasteiger partial charge in [-0.15, -0.1) is 0 Å². The Kier molecular flexibility index (Phi) is 4.25. The number of nitrogens with one attached hydrogen (secondary N) is 1. The first kappa shape index (κ1) is 15.0. The minimum atomic E-state index is -4.49. The standard InChI is InChI=1S/C13H13F3N4O/c1-3-17-11-18-10(19-12(20-11)21-2)8-6-4-5-7-9(8)13(14,15)16/h4-7H,3H2,1-2H3,(H,17,18,19,20). The largest absolute Gasteiger partial charge is 0.467 e. The Morgan fingerprint density at radius 3 is 2.48 bits per heavy atom. The average molecular weight is 298 g/mol. The molecule has 1 aromatic carbocycles. The van der Waals surface area contributed by atoms with Gasteiger partial charge in [0.15, 0.2) is 5.82 Å². The van der Waals surface area contributed by atoms with E-state index in [1.807, 2.05) is 6.92 Å². The predicted molar refractivity (Wildman–Crippen MR) is 71.0 cm³/mol. The van der Waals surface area contributed by atoms with E-state index in [4.69, 9.17) is 4.74 Å². The van der Waals surface area contributed by atoms with Crippen molar-refractivity contribution in [1.82, 2.24) is 15.0 Å². The van der Waals surface area contributed by atoms with E-state index in [9.17, 15) is 13.2 Å². The van der Waals surface area contributed by atoms with Crippen molar-refractivity contribution in [3.05, 3.63) is 29.8 Å². The molecule has 5 nitrogen and oxygen atoms in total. The second-order valence-electron chi connectivity index (χ2n) is 4.04. The second-order valence-corrected chi connectivity index (χ2v) is 4.04. The molecule has 1 N–H and O–H groups in total. The van der Waals surface area contributed by atoms with Crippen LogP contribution < -0.4 is 10.1 Å². The molecule has 0 aliphatic carbocycles. The van der Waals surface area contributed by atoms with Gasteiger partial charge >= 0.3 is 12.2 Å². The Morgan fingerprint density at radius 2 is 1.86 bits per heavy atom. The summed E-state index contributed by atoms with van der Waals surface area (Å²) < 4.78 is 44.0. The van der Waals surface area contributed by atoms with E-state index >= 15 is 0 Å². The van der Waals surface area contributed by atoms with Crippen LogP contribution in [0.2, 0.25) is 0 Å². The highest BCUT2D eigenvalue weighted by atomic mass is 19.4. The summed E-state index contributed by atoms with van der Waals surface area (Å²) in [4.78, 5) is 11.8. The maximum Gasteiger partial charge on any atom is 0.417 e. The average Bonchev–Trinajstić information content (AvgIpc) is 2.46. The van der Waals surface area contributed by atoms with Gasteiger partial charge in [0, 0.05) is 12.1 Å². The third-order valence-corrected chi connectivity index (χ3v) is 2.61. The monoisotopic (exact) mass is 298 g/mol. The van der Waals surface area contributed by atoms with Crippen molar-refractivity contribution in [2.45, 2.75) is 13.1 Å². The Labute approximate surface area is 119 Å². The van der Waals surface area contributed by atoms with E-state index in [0.29, 0.717) is 6.54 Å². The Balaban J connectivity index is 2.59. The van der Waals surface area contributed by atoms with E-state index in [-0.39, 0.29) is 23.3 Å². The number of aromatic nitrogens is 3. The van der Waals surface area contributed by atoms with Gasteiger partial charge in [0.1, 0.15) is 0 Å². The van der Waals surface area contributed by atoms with Crippen molar-refractivity contribution >= 4 is 5.95 Å². The van der Waals surface area contributed by atoms with Crippen LogP contribution in [0, 0.1) is 0 Å². The molecule has 112 valence electrons. The van der Waals surface area contributed by atoms with Gasteiger partial charge < -0.3 is 10.1 Å². The van der Waals surface area contributed by atoms with Crippen molar-refractivity contribution in [1.29, 1.82) is 0 Å². The van der Waals surface area contributed by atoms with E-state index in [1.54, 1.807) is 0 Å². The molecule has 2 aromatic rings. The fourth-order valence-electron chi connectivity index (χ4n) is 1.73. The number of rotatable bonds is 4. The summed E-state index contributed by atoms with van der Waals surface area (Å²) in [6, 6.07) is 5.06. The molecule has 0 unspecified atom stereocenters. The zero-order valence-electron chi connectivity index (χ0n) is 11.4. The van der Waals surface area contributed by atoms with Crippen LogP contribution in [0.15, 0.2) is 24.3 Å². The summed E-state index contributed by atoms with van der Waals surface area (Å²) in [6.45, 7) is 2.34. The lowest BCUT2D eigenvalue weighted by atomic mass is 10.1. The van der Waals surface area contributed by atoms with Crippen LogP contribution in [0.25, 0.3) is 11.4 Å². The molecule has 0 fully saturated rings. The normalized spacial score (nSPS) is 11.3. The summed E-state index contributed by atoms with van der Waals surface area (Å²) >= 11 is 0. The number of ether oxygens (including phenoxy) is 1. The Morgan fingerprint density at radius 1 is 1.14 bits per heavy atom. The minimum absolute atomic E-state index is 0.0482. The van der Waals surface area contributed by atoms with Crippen LogP contribution in [0.5, 0.6) is 6.01 Å². The summed E-state index contributed by atoms with van der Waals surface area (Å²) in [5.74, 6) is 0.0713. The quantitative estimate of drug-likeness (QED) is 0.940. The molecule has 0 aliphatic heterocycles. The molecule has 0 aliphatic rings. The third kappa shape index (κ3) is 3.39. The molecule has 21 heavy (non-hydrogen) atoms. The van der Waals surface area contributed by atoms with Gasteiger partial charge in [0.05, 0.1) is 12.7 Å². The van der Waals surface area contributed by atoms with Crippen LogP contribution in [0.3, 0.4) is 0 Å². The van der Waals surface area contributed by atoms with E-state index < -0.39 is 11.7 Å². The fraction of sp³-hybridized carbons (Fsp3) is 0.308. The summed E-state index contributed by atoms with van der Waals surface area (Å²) in [5, 5.41) is 2.83. The number of methoxy groups -OCH3 is 1. The zero-order chi connectivity index (χ0) is 15.5. The summed E-state index contributed by atoms with van der Waals surface area (Å²) in [6.07, 6.45) is -4.49. The first-order chi connectivity index (χ1) is 9.95. The maximum absolute atomic E-state index is 13.0. The minimum Gasteiger partial charge on any atom is -0.467 e. The van der Waals surface area contributed by atoms with E-state index in [0.717, 1.165) is 6.07 Å². The first-order valence-corrected chi connectivity index (χ1v) is 6.16. The van der Waals surface area contributed by atoms with Crippen molar-refractivity contribution in [3.63, 3.8) is 0 Å². The number of nitrogens with zero attached hydrogens (tertiary/aromatic N) is 3. The number of hydrogen-bond donors (Lipinski definition) is 1. The number of anilines is 1. The first-order valence-electron chi connectivity index (χ1n) is 6.16. The number of alkyl halides is 3. The van der Waals surface area contributed by atoms with Crippen LogP contribution in [0.1, 0.15) is 12.5 Å². The molecule has 0 saturated carbocycles. The van der Waals surface area contributed by atoms with Crippen LogP contribution in [-0.2, 0) is 6.18 Å². The third-order valence-electron chi connectivity index (χ3n) is 2.61. The SMILES string of the molecule is CCNc1nc(OC)nc(-c2ccccc2C(F)(F)F)n1. The lowest BCUT2D eigenvalue weighted by molar-refractivity contribution is -0.137. The van der Waals surface area contributed by atoms with Crippen molar-refractivity contribution in [3.8, 4) is 17.4 Å². The van der Waals surface area contributed by atoms with E-state index in [2.05, 4.69) is 20.3 Å². The van der Waals surface area contributed by atoms with Gasteiger partial charge in [0.25, 0.3) is 0 Å². The Bertz CT molecular complexity index is 631. The van der Waals surface area contributed by atoms with Crippen molar-refractivity contribution in [2.24, 2.45) is 0 Å². The molecule has 8 heteroatoms. The van der Waals surface area contributed by atoms with Crippen LogP contribution >= 0.6 is 0 Å². The number of hydrogen-bond acceptors (Lipinski definition) is 5.